The summed E-state index contributed by atoms with van der Waals surface area (Å²) in [4.78, 5) is 15.6. The second kappa shape index (κ2) is 5.30. The van der Waals surface area contributed by atoms with Crippen LogP contribution in [0.15, 0.2) is 35.3 Å². The molecular formula is C12H12BrN3O2. The lowest BCUT2D eigenvalue weighted by molar-refractivity contribution is 0.0598. The van der Waals surface area contributed by atoms with Crippen LogP contribution >= 0.6 is 15.9 Å². The smallest absolute Gasteiger partial charge is 0.338 e. The number of carbonyl (C=O) groups excluding carboxylic acids is 1. The fourth-order valence-corrected chi connectivity index (χ4v) is 2.11. The molecule has 0 saturated heterocycles. The third-order valence-corrected chi connectivity index (χ3v) is 3.20. The molecule has 0 aliphatic heterocycles. The van der Waals surface area contributed by atoms with E-state index in [0.29, 0.717) is 5.56 Å². The molecule has 0 fully saturated rings. The van der Waals surface area contributed by atoms with E-state index in [1.54, 1.807) is 17.1 Å². The minimum atomic E-state index is -0.357. The van der Waals surface area contributed by atoms with Crippen molar-refractivity contribution in [1.29, 1.82) is 0 Å². The van der Waals surface area contributed by atoms with E-state index >= 15 is 0 Å². The third kappa shape index (κ3) is 2.43. The lowest BCUT2D eigenvalue weighted by atomic mass is 10.0. The van der Waals surface area contributed by atoms with Crippen LogP contribution in [0.25, 0.3) is 0 Å². The molecule has 1 aromatic carbocycles. The van der Waals surface area contributed by atoms with E-state index in [0.717, 1.165) is 10.0 Å². The maximum absolute atomic E-state index is 11.7. The number of benzene rings is 1. The Kier molecular flexibility index (Phi) is 3.76. The van der Waals surface area contributed by atoms with Crippen molar-refractivity contribution in [1.82, 2.24) is 14.8 Å². The molecule has 18 heavy (non-hydrogen) atoms. The molecule has 0 amide bonds. The van der Waals surface area contributed by atoms with Crippen molar-refractivity contribution in [3.05, 3.63) is 46.5 Å². The van der Waals surface area contributed by atoms with Gasteiger partial charge in [0, 0.05) is 4.47 Å². The van der Waals surface area contributed by atoms with Gasteiger partial charge in [-0.05, 0) is 30.7 Å². The van der Waals surface area contributed by atoms with Gasteiger partial charge < -0.3 is 4.74 Å². The summed E-state index contributed by atoms with van der Waals surface area (Å²) >= 11 is 3.40. The van der Waals surface area contributed by atoms with Crippen LogP contribution in [0.4, 0.5) is 0 Å². The Morgan fingerprint density at radius 3 is 2.89 bits per heavy atom. The zero-order valence-corrected chi connectivity index (χ0v) is 11.6. The van der Waals surface area contributed by atoms with Crippen LogP contribution < -0.4 is 0 Å². The number of ether oxygens (including phenoxy) is 1. The molecule has 5 nitrogen and oxygen atoms in total. The SMILES string of the molecule is COC(=O)c1ccc(Br)cc1C(C)n1cncn1. The quantitative estimate of drug-likeness (QED) is 0.817. The minimum absolute atomic E-state index is 0.0981. The minimum Gasteiger partial charge on any atom is -0.465 e. The average molecular weight is 310 g/mol. The average Bonchev–Trinajstić information content (AvgIpc) is 2.90. The molecule has 0 spiro atoms. The third-order valence-electron chi connectivity index (χ3n) is 2.70. The largest absolute Gasteiger partial charge is 0.465 e. The number of hydrogen-bond donors (Lipinski definition) is 0. The molecule has 0 radical (unpaired) electrons. The Labute approximate surface area is 113 Å². The van der Waals surface area contributed by atoms with Gasteiger partial charge in [0.1, 0.15) is 12.7 Å². The molecular weight excluding hydrogens is 298 g/mol. The van der Waals surface area contributed by atoms with Gasteiger partial charge in [-0.1, -0.05) is 15.9 Å². The molecule has 0 bridgehead atoms. The van der Waals surface area contributed by atoms with E-state index in [1.807, 2.05) is 19.1 Å². The van der Waals surface area contributed by atoms with Crippen LogP contribution in [0, 0.1) is 0 Å². The summed E-state index contributed by atoms with van der Waals surface area (Å²) in [6.45, 7) is 1.95. The molecule has 0 aliphatic carbocycles. The number of methoxy groups -OCH3 is 1. The zero-order chi connectivity index (χ0) is 13.1. The topological polar surface area (TPSA) is 57.0 Å². The Morgan fingerprint density at radius 2 is 2.28 bits per heavy atom. The van der Waals surface area contributed by atoms with Crippen molar-refractivity contribution in [3.8, 4) is 0 Å². The number of hydrogen-bond acceptors (Lipinski definition) is 4. The van der Waals surface area contributed by atoms with Crippen LogP contribution in [0.5, 0.6) is 0 Å². The Balaban J connectivity index is 2.48. The fourth-order valence-electron chi connectivity index (χ4n) is 1.73. The number of halogens is 1. The van der Waals surface area contributed by atoms with Crippen LogP contribution in [0.1, 0.15) is 28.9 Å². The molecule has 1 aromatic heterocycles. The van der Waals surface area contributed by atoms with Crippen LogP contribution in [0.3, 0.4) is 0 Å². The number of nitrogens with zero attached hydrogens (tertiary/aromatic N) is 3. The summed E-state index contributed by atoms with van der Waals surface area (Å²) in [5, 5.41) is 4.09. The molecule has 6 heteroatoms. The van der Waals surface area contributed by atoms with Gasteiger partial charge in [0.15, 0.2) is 0 Å². The Morgan fingerprint density at radius 1 is 1.50 bits per heavy atom. The van der Waals surface area contributed by atoms with Crippen molar-refractivity contribution in [2.24, 2.45) is 0 Å². The summed E-state index contributed by atoms with van der Waals surface area (Å²) in [7, 11) is 1.37. The first-order valence-corrected chi connectivity index (χ1v) is 6.14. The van der Waals surface area contributed by atoms with Crippen LogP contribution in [-0.2, 0) is 4.74 Å². The van der Waals surface area contributed by atoms with Crippen molar-refractivity contribution in [3.63, 3.8) is 0 Å². The Hall–Kier alpha value is -1.69. The maximum atomic E-state index is 11.7. The standard InChI is InChI=1S/C12H12BrN3O2/c1-8(16-7-14-6-15-16)11-5-9(13)3-4-10(11)12(17)18-2/h3-8H,1-2H3. The summed E-state index contributed by atoms with van der Waals surface area (Å²) in [5.41, 5.74) is 1.37. The molecule has 2 aromatic rings. The zero-order valence-electron chi connectivity index (χ0n) is 10.0. The fraction of sp³-hybridized carbons (Fsp3) is 0.250. The van der Waals surface area contributed by atoms with Crippen LogP contribution in [0.2, 0.25) is 0 Å². The summed E-state index contributed by atoms with van der Waals surface area (Å²) in [6, 6.07) is 5.33. The summed E-state index contributed by atoms with van der Waals surface area (Å²) in [6.07, 6.45) is 3.08. The molecule has 0 N–H and O–H groups in total. The highest BCUT2D eigenvalue weighted by atomic mass is 79.9. The number of esters is 1. The van der Waals surface area contributed by atoms with Gasteiger partial charge in [0.25, 0.3) is 0 Å². The highest BCUT2D eigenvalue weighted by Crippen LogP contribution is 2.25. The predicted molar refractivity (Wildman–Crippen MR) is 69.3 cm³/mol. The van der Waals surface area contributed by atoms with Crippen molar-refractivity contribution >= 4 is 21.9 Å². The summed E-state index contributed by atoms with van der Waals surface area (Å²) < 4.78 is 7.37. The van der Waals surface area contributed by atoms with Gasteiger partial charge >= 0.3 is 5.97 Å². The van der Waals surface area contributed by atoms with E-state index in [1.165, 1.54) is 13.4 Å². The van der Waals surface area contributed by atoms with E-state index in [2.05, 4.69) is 26.0 Å². The number of carbonyl (C=O) groups is 1. The van der Waals surface area contributed by atoms with Gasteiger partial charge in [0.05, 0.1) is 18.7 Å². The number of rotatable bonds is 3. The predicted octanol–water partition coefficient (Wildman–Crippen LogP) is 2.44. The second-order valence-electron chi connectivity index (χ2n) is 3.77. The van der Waals surface area contributed by atoms with E-state index in [-0.39, 0.29) is 12.0 Å². The number of aromatic nitrogens is 3. The Bertz CT molecular complexity index is 554. The van der Waals surface area contributed by atoms with Crippen molar-refractivity contribution in [2.75, 3.05) is 7.11 Å². The van der Waals surface area contributed by atoms with E-state index in [4.69, 9.17) is 4.74 Å². The first kappa shape index (κ1) is 12.8. The molecule has 2 rings (SSSR count). The van der Waals surface area contributed by atoms with Crippen LogP contribution in [-0.4, -0.2) is 27.8 Å². The highest BCUT2D eigenvalue weighted by Gasteiger charge is 2.18. The molecule has 1 atom stereocenters. The van der Waals surface area contributed by atoms with Crippen molar-refractivity contribution in [2.45, 2.75) is 13.0 Å². The van der Waals surface area contributed by atoms with Gasteiger partial charge in [-0.15, -0.1) is 0 Å². The lowest BCUT2D eigenvalue weighted by Crippen LogP contribution is -2.13. The molecule has 94 valence electrons. The first-order chi connectivity index (χ1) is 8.63. The van der Waals surface area contributed by atoms with Gasteiger partial charge in [0.2, 0.25) is 0 Å². The summed E-state index contributed by atoms with van der Waals surface area (Å²) in [5.74, 6) is -0.357. The molecule has 1 unspecified atom stereocenters. The van der Waals surface area contributed by atoms with E-state index in [9.17, 15) is 4.79 Å². The van der Waals surface area contributed by atoms with Gasteiger partial charge in [-0.25, -0.2) is 14.5 Å². The normalized spacial score (nSPS) is 12.2. The van der Waals surface area contributed by atoms with Crippen molar-refractivity contribution < 1.29 is 9.53 Å². The van der Waals surface area contributed by atoms with Gasteiger partial charge in [-0.3, -0.25) is 0 Å². The highest BCUT2D eigenvalue weighted by molar-refractivity contribution is 9.10. The molecule has 0 aliphatic rings. The second-order valence-corrected chi connectivity index (χ2v) is 4.69. The molecule has 1 heterocycles. The first-order valence-electron chi connectivity index (χ1n) is 5.35. The van der Waals surface area contributed by atoms with Gasteiger partial charge in [-0.2, -0.15) is 5.10 Å². The maximum Gasteiger partial charge on any atom is 0.338 e. The lowest BCUT2D eigenvalue weighted by Gasteiger charge is -2.15. The monoisotopic (exact) mass is 309 g/mol. The molecule has 0 saturated carbocycles. The van der Waals surface area contributed by atoms with E-state index < -0.39 is 0 Å².